The molecule has 0 aliphatic carbocycles. The SMILES string of the molecule is N[C@H]1CS(=O)(=O)c2cccc3c2N(C1=O)[C@@H](C(=O)NCc1cn[nH]n1)C3. The van der Waals surface area contributed by atoms with E-state index < -0.39 is 39.5 Å². The van der Waals surface area contributed by atoms with E-state index in [9.17, 15) is 18.0 Å². The van der Waals surface area contributed by atoms with Crippen LogP contribution in [-0.2, 0) is 32.4 Å². The van der Waals surface area contributed by atoms with E-state index in [-0.39, 0.29) is 23.5 Å². The summed E-state index contributed by atoms with van der Waals surface area (Å²) < 4.78 is 25.1. The number of para-hydroxylation sites is 1. The fraction of sp³-hybridized carbons (Fsp3) is 0.333. The molecule has 11 heteroatoms. The predicted molar refractivity (Wildman–Crippen MR) is 89.7 cm³/mol. The minimum Gasteiger partial charge on any atom is -0.348 e. The summed E-state index contributed by atoms with van der Waals surface area (Å²) in [7, 11) is -3.71. The lowest BCUT2D eigenvalue weighted by Crippen LogP contribution is -2.53. The van der Waals surface area contributed by atoms with Crippen LogP contribution in [0.4, 0.5) is 5.69 Å². The highest BCUT2D eigenvalue weighted by atomic mass is 32.2. The minimum absolute atomic E-state index is 0.0445. The zero-order valence-corrected chi connectivity index (χ0v) is 14.4. The van der Waals surface area contributed by atoms with Crippen molar-refractivity contribution >= 4 is 27.3 Å². The van der Waals surface area contributed by atoms with Gasteiger partial charge in [-0.1, -0.05) is 12.1 Å². The first-order valence-corrected chi connectivity index (χ1v) is 9.59. The van der Waals surface area contributed by atoms with E-state index in [2.05, 4.69) is 20.7 Å². The molecule has 1 aromatic carbocycles. The molecular weight excluding hydrogens is 360 g/mol. The molecule has 0 radical (unpaired) electrons. The summed E-state index contributed by atoms with van der Waals surface area (Å²) in [5, 5.41) is 12.7. The molecule has 0 saturated carbocycles. The molecule has 1 aromatic heterocycles. The predicted octanol–water partition coefficient (Wildman–Crippen LogP) is -1.51. The first kappa shape index (κ1) is 16.7. The maximum Gasteiger partial charge on any atom is 0.245 e. The average Bonchev–Trinajstić information content (AvgIpc) is 3.23. The molecule has 0 unspecified atom stereocenters. The third-order valence-corrected chi connectivity index (χ3v) is 6.35. The van der Waals surface area contributed by atoms with Gasteiger partial charge in [0.1, 0.15) is 11.7 Å². The van der Waals surface area contributed by atoms with Crippen molar-refractivity contribution in [1.29, 1.82) is 0 Å². The summed E-state index contributed by atoms with van der Waals surface area (Å²) in [5.74, 6) is -1.46. The fourth-order valence-corrected chi connectivity index (χ4v) is 4.97. The van der Waals surface area contributed by atoms with Gasteiger partial charge in [-0.3, -0.25) is 14.5 Å². The highest BCUT2D eigenvalue weighted by Gasteiger charge is 2.46. The van der Waals surface area contributed by atoms with Gasteiger partial charge in [0.15, 0.2) is 9.84 Å². The van der Waals surface area contributed by atoms with Crippen LogP contribution in [0.3, 0.4) is 0 Å². The number of anilines is 1. The second kappa shape index (κ2) is 5.88. The molecule has 2 aromatic rings. The van der Waals surface area contributed by atoms with Crippen molar-refractivity contribution in [1.82, 2.24) is 20.7 Å². The Bertz CT molecular complexity index is 988. The molecule has 4 rings (SSSR count). The maximum absolute atomic E-state index is 12.7. The number of sulfone groups is 1. The molecule has 0 saturated heterocycles. The number of carbonyl (C=O) groups is 2. The maximum atomic E-state index is 12.7. The second-order valence-corrected chi connectivity index (χ2v) is 8.26. The summed E-state index contributed by atoms with van der Waals surface area (Å²) in [5.41, 5.74) is 7.25. The summed E-state index contributed by atoms with van der Waals surface area (Å²) >= 11 is 0. The molecule has 10 nitrogen and oxygen atoms in total. The Morgan fingerprint density at radius 2 is 2.23 bits per heavy atom. The molecule has 3 heterocycles. The number of hydrogen-bond donors (Lipinski definition) is 3. The van der Waals surface area contributed by atoms with Crippen LogP contribution in [-0.4, -0.2) is 53.5 Å². The summed E-state index contributed by atoms with van der Waals surface area (Å²) in [6, 6.07) is 2.70. The number of benzene rings is 1. The number of nitrogens with two attached hydrogens (primary N) is 1. The van der Waals surface area contributed by atoms with Gasteiger partial charge in [-0.05, 0) is 11.6 Å². The number of nitrogens with zero attached hydrogens (tertiary/aromatic N) is 3. The van der Waals surface area contributed by atoms with Gasteiger partial charge in [0.25, 0.3) is 0 Å². The third kappa shape index (κ3) is 2.56. The summed E-state index contributed by atoms with van der Waals surface area (Å²) in [4.78, 5) is 26.7. The lowest BCUT2D eigenvalue weighted by molar-refractivity contribution is -0.126. The molecule has 2 aliphatic heterocycles. The van der Waals surface area contributed by atoms with E-state index in [1.165, 1.54) is 17.2 Å². The number of aromatic nitrogens is 3. The Morgan fingerprint density at radius 3 is 2.96 bits per heavy atom. The zero-order valence-electron chi connectivity index (χ0n) is 13.5. The van der Waals surface area contributed by atoms with E-state index >= 15 is 0 Å². The van der Waals surface area contributed by atoms with E-state index in [0.717, 1.165) is 0 Å². The Hall–Kier alpha value is -2.79. The normalized spacial score (nSPS) is 23.4. The quantitative estimate of drug-likeness (QED) is 0.589. The number of hydrogen-bond acceptors (Lipinski definition) is 7. The molecule has 4 N–H and O–H groups in total. The summed E-state index contributed by atoms with van der Waals surface area (Å²) in [6.07, 6.45) is 1.70. The van der Waals surface area contributed by atoms with Crippen LogP contribution in [0, 0.1) is 0 Å². The number of nitrogens with one attached hydrogen (secondary N) is 2. The number of H-pyrrole nitrogens is 1. The van der Waals surface area contributed by atoms with Crippen LogP contribution < -0.4 is 16.0 Å². The first-order valence-electron chi connectivity index (χ1n) is 7.94. The monoisotopic (exact) mass is 376 g/mol. The van der Waals surface area contributed by atoms with Crippen molar-refractivity contribution in [3.8, 4) is 0 Å². The van der Waals surface area contributed by atoms with Gasteiger partial charge in [-0.15, -0.1) is 0 Å². The summed E-state index contributed by atoms with van der Waals surface area (Å²) in [6.45, 7) is 0.140. The highest BCUT2D eigenvalue weighted by Crippen LogP contribution is 2.40. The van der Waals surface area contributed by atoms with Crippen LogP contribution in [0.2, 0.25) is 0 Å². The first-order chi connectivity index (χ1) is 12.4. The Labute approximate surface area is 148 Å². The molecule has 0 bridgehead atoms. The number of carbonyl (C=O) groups excluding carboxylic acids is 2. The Morgan fingerprint density at radius 1 is 1.42 bits per heavy atom. The number of rotatable bonds is 3. The van der Waals surface area contributed by atoms with Gasteiger partial charge in [-0.25, -0.2) is 8.42 Å². The van der Waals surface area contributed by atoms with Crippen molar-refractivity contribution in [2.24, 2.45) is 5.73 Å². The van der Waals surface area contributed by atoms with Gasteiger partial charge < -0.3 is 11.1 Å². The zero-order chi connectivity index (χ0) is 18.5. The molecule has 2 amide bonds. The highest BCUT2D eigenvalue weighted by molar-refractivity contribution is 7.91. The topological polar surface area (TPSA) is 151 Å². The lowest BCUT2D eigenvalue weighted by atomic mass is 10.1. The van der Waals surface area contributed by atoms with Crippen molar-refractivity contribution in [3.05, 3.63) is 35.7 Å². The van der Waals surface area contributed by atoms with E-state index in [0.29, 0.717) is 11.3 Å². The minimum atomic E-state index is -3.71. The number of aromatic amines is 1. The van der Waals surface area contributed by atoms with Crippen LogP contribution in [0.25, 0.3) is 0 Å². The molecule has 2 aliphatic rings. The van der Waals surface area contributed by atoms with Crippen molar-refractivity contribution in [2.45, 2.75) is 29.9 Å². The second-order valence-electron chi connectivity index (χ2n) is 6.26. The Balaban J connectivity index is 1.70. The van der Waals surface area contributed by atoms with Crippen molar-refractivity contribution in [3.63, 3.8) is 0 Å². The molecule has 2 atom stereocenters. The van der Waals surface area contributed by atoms with E-state index in [1.807, 2.05) is 0 Å². The Kier molecular flexibility index (Phi) is 3.77. The lowest BCUT2D eigenvalue weighted by Gasteiger charge is -2.25. The average molecular weight is 376 g/mol. The van der Waals surface area contributed by atoms with Crippen molar-refractivity contribution < 1.29 is 18.0 Å². The van der Waals surface area contributed by atoms with Crippen LogP contribution in [0.15, 0.2) is 29.3 Å². The van der Waals surface area contributed by atoms with Gasteiger partial charge >= 0.3 is 0 Å². The molecule has 136 valence electrons. The molecule has 0 fully saturated rings. The smallest absolute Gasteiger partial charge is 0.245 e. The fourth-order valence-electron chi connectivity index (χ4n) is 3.37. The largest absolute Gasteiger partial charge is 0.348 e. The van der Waals surface area contributed by atoms with Crippen LogP contribution in [0.5, 0.6) is 0 Å². The van der Waals surface area contributed by atoms with Crippen LogP contribution >= 0.6 is 0 Å². The van der Waals surface area contributed by atoms with Gasteiger partial charge in [0, 0.05) is 6.42 Å². The standard InChI is InChI=1S/C15H16N6O4S/c16-10-7-26(24,25)12-3-1-2-8-4-11(21(13(8)12)15(10)23)14(22)17-5-9-6-18-20-19-9/h1-3,6,10-11H,4-5,7,16H2,(H,17,22)(H,18,19,20)/t10-,11+/m0/s1. The van der Waals surface area contributed by atoms with Gasteiger partial charge in [0.2, 0.25) is 11.8 Å². The van der Waals surface area contributed by atoms with E-state index in [4.69, 9.17) is 5.73 Å². The molecule has 26 heavy (non-hydrogen) atoms. The molecular formula is C15H16N6O4S. The van der Waals surface area contributed by atoms with E-state index in [1.54, 1.807) is 12.1 Å². The van der Waals surface area contributed by atoms with Crippen molar-refractivity contribution in [2.75, 3.05) is 10.7 Å². The van der Waals surface area contributed by atoms with Gasteiger partial charge in [0.05, 0.1) is 35.1 Å². The molecule has 0 spiro atoms. The van der Waals surface area contributed by atoms with Crippen LogP contribution in [0.1, 0.15) is 11.3 Å². The third-order valence-electron chi connectivity index (χ3n) is 4.55. The number of amides is 2. The van der Waals surface area contributed by atoms with Gasteiger partial charge in [-0.2, -0.15) is 15.4 Å².